The van der Waals surface area contributed by atoms with E-state index >= 15 is 0 Å². The van der Waals surface area contributed by atoms with Gasteiger partial charge in [-0.2, -0.15) is 4.40 Å². The molecule has 7 nitrogen and oxygen atoms in total. The first kappa shape index (κ1) is 22.2. The molecule has 3 aromatic rings. The van der Waals surface area contributed by atoms with E-state index in [2.05, 4.69) is 9.12 Å². The van der Waals surface area contributed by atoms with Crippen LogP contribution in [-0.4, -0.2) is 40.5 Å². The first-order valence-electron chi connectivity index (χ1n) is 11.3. The summed E-state index contributed by atoms with van der Waals surface area (Å²) >= 11 is -1.58. The second-order valence-electron chi connectivity index (χ2n) is 8.52. The first-order chi connectivity index (χ1) is 16.6. The number of piperidine rings is 1. The topological polar surface area (TPSA) is 97.0 Å². The number of amides is 1. The molecule has 0 aliphatic carbocycles. The highest BCUT2D eigenvalue weighted by atomic mass is 32.2. The zero-order valence-electron chi connectivity index (χ0n) is 18.6. The Morgan fingerprint density at radius 1 is 1.09 bits per heavy atom. The van der Waals surface area contributed by atoms with Gasteiger partial charge >= 0.3 is 0 Å². The van der Waals surface area contributed by atoms with Crippen LogP contribution in [0.5, 0.6) is 5.75 Å². The number of hydrogen-bond acceptors (Lipinski definition) is 4. The van der Waals surface area contributed by atoms with Crippen LogP contribution in [0.3, 0.4) is 0 Å². The van der Waals surface area contributed by atoms with Crippen molar-refractivity contribution in [1.82, 2.24) is 4.90 Å². The lowest BCUT2D eigenvalue weighted by molar-refractivity contribution is 0.0633. The van der Waals surface area contributed by atoms with Gasteiger partial charge in [0.15, 0.2) is 0 Å². The van der Waals surface area contributed by atoms with Gasteiger partial charge in [0, 0.05) is 24.6 Å². The Morgan fingerprint density at radius 3 is 2.74 bits per heavy atom. The van der Waals surface area contributed by atoms with Crippen LogP contribution >= 0.6 is 0 Å². The molecule has 174 valence electrons. The highest BCUT2D eigenvalue weighted by Gasteiger charge is 2.26. The standard InChI is InChI=1S/C26H26N4O3S/c27-25-24-22(28-34(32)29-25)12-5-13-23(24)33-17-18-7-6-14-30(16-18)26(31)21-11-4-10-20(15-21)19-8-2-1-3-9-19/h1-5,8-13,15,18,28H,6-7,14,16-17H2,(H2,27,29). The van der Waals surface area contributed by atoms with Gasteiger partial charge in [-0.1, -0.05) is 48.5 Å². The lowest BCUT2D eigenvalue weighted by Gasteiger charge is -2.33. The van der Waals surface area contributed by atoms with Crippen molar-refractivity contribution >= 4 is 28.6 Å². The van der Waals surface area contributed by atoms with Crippen molar-refractivity contribution in [3.8, 4) is 16.9 Å². The Kier molecular flexibility index (Phi) is 6.31. The van der Waals surface area contributed by atoms with Crippen LogP contribution in [0.4, 0.5) is 5.69 Å². The van der Waals surface area contributed by atoms with Crippen LogP contribution in [-0.2, 0) is 11.2 Å². The summed E-state index contributed by atoms with van der Waals surface area (Å²) in [7, 11) is 0. The average molecular weight is 475 g/mol. The van der Waals surface area contributed by atoms with Gasteiger partial charge in [-0.25, -0.2) is 4.21 Å². The summed E-state index contributed by atoms with van der Waals surface area (Å²) in [6.07, 6.45) is 1.91. The molecule has 1 saturated heterocycles. The second-order valence-corrected chi connectivity index (χ2v) is 9.41. The van der Waals surface area contributed by atoms with Crippen molar-refractivity contribution in [3.63, 3.8) is 0 Å². The van der Waals surface area contributed by atoms with Gasteiger partial charge in [-0.15, -0.1) is 0 Å². The summed E-state index contributed by atoms with van der Waals surface area (Å²) < 4.78 is 24.5. The predicted molar refractivity (Wildman–Crippen MR) is 135 cm³/mol. The van der Waals surface area contributed by atoms with E-state index in [1.807, 2.05) is 71.6 Å². The molecule has 34 heavy (non-hydrogen) atoms. The highest BCUT2D eigenvalue weighted by Crippen LogP contribution is 2.30. The summed E-state index contributed by atoms with van der Waals surface area (Å²) in [5.74, 6) is 1.04. The number of rotatable bonds is 5. The molecule has 0 bridgehead atoms. The maximum atomic E-state index is 13.3. The number of fused-ring (bicyclic) bond motifs is 1. The third-order valence-electron chi connectivity index (χ3n) is 6.16. The highest BCUT2D eigenvalue weighted by molar-refractivity contribution is 7.85. The minimum absolute atomic E-state index is 0.0441. The van der Waals surface area contributed by atoms with Crippen molar-refractivity contribution in [1.29, 1.82) is 0 Å². The molecule has 2 aliphatic rings. The fourth-order valence-electron chi connectivity index (χ4n) is 4.49. The molecule has 3 N–H and O–H groups in total. The number of hydrogen-bond donors (Lipinski definition) is 2. The Labute approximate surface area is 201 Å². The minimum Gasteiger partial charge on any atom is -0.492 e. The number of carbonyl (C=O) groups is 1. The molecule has 5 rings (SSSR count). The van der Waals surface area contributed by atoms with E-state index in [0.717, 1.165) is 30.5 Å². The molecule has 1 fully saturated rings. The molecule has 2 heterocycles. The molecule has 3 aromatic carbocycles. The Bertz CT molecular complexity index is 1260. The summed E-state index contributed by atoms with van der Waals surface area (Å²) in [6, 6.07) is 23.3. The first-order valence-corrected chi connectivity index (χ1v) is 12.4. The fraction of sp³-hybridized carbons (Fsp3) is 0.231. The number of nitrogens with zero attached hydrogens (tertiary/aromatic N) is 2. The lowest BCUT2D eigenvalue weighted by atomic mass is 9.97. The molecule has 2 atom stereocenters. The lowest BCUT2D eigenvalue weighted by Crippen LogP contribution is -2.41. The van der Waals surface area contributed by atoms with Crippen LogP contribution in [0.1, 0.15) is 28.8 Å². The third-order valence-corrected chi connectivity index (χ3v) is 6.92. The number of nitrogens with two attached hydrogens (primary N) is 1. The van der Waals surface area contributed by atoms with Crippen molar-refractivity contribution in [3.05, 3.63) is 83.9 Å². The predicted octanol–water partition coefficient (Wildman–Crippen LogP) is 3.99. The van der Waals surface area contributed by atoms with Gasteiger partial charge in [0.1, 0.15) is 11.6 Å². The molecule has 2 unspecified atom stereocenters. The monoisotopic (exact) mass is 474 g/mol. The van der Waals surface area contributed by atoms with Crippen LogP contribution in [0, 0.1) is 5.92 Å². The maximum absolute atomic E-state index is 13.3. The zero-order chi connectivity index (χ0) is 23.5. The van der Waals surface area contributed by atoms with Crippen molar-refractivity contribution in [2.24, 2.45) is 16.0 Å². The van der Waals surface area contributed by atoms with E-state index < -0.39 is 11.2 Å². The fourth-order valence-corrected chi connectivity index (χ4v) is 5.16. The number of benzene rings is 3. The van der Waals surface area contributed by atoms with Gasteiger partial charge in [0.05, 0.1) is 17.9 Å². The van der Waals surface area contributed by atoms with E-state index in [1.54, 1.807) is 6.07 Å². The second kappa shape index (κ2) is 9.69. The zero-order valence-corrected chi connectivity index (χ0v) is 19.5. The molecular weight excluding hydrogens is 448 g/mol. The van der Waals surface area contributed by atoms with E-state index in [4.69, 9.17) is 10.5 Å². The number of anilines is 1. The molecule has 8 heteroatoms. The average Bonchev–Trinajstić information content (AvgIpc) is 2.87. The van der Waals surface area contributed by atoms with Crippen molar-refractivity contribution in [2.45, 2.75) is 12.8 Å². The normalized spacial score (nSPS) is 19.5. The van der Waals surface area contributed by atoms with Crippen LogP contribution in [0.15, 0.2) is 77.2 Å². The van der Waals surface area contributed by atoms with Gasteiger partial charge in [0.25, 0.3) is 5.91 Å². The molecule has 0 aromatic heterocycles. The Balaban J connectivity index is 1.26. The number of likely N-dealkylation sites (tertiary alicyclic amines) is 1. The summed E-state index contributed by atoms with van der Waals surface area (Å²) in [6.45, 7) is 1.83. The molecule has 0 saturated carbocycles. The number of carbonyl (C=O) groups excluding carboxylic acids is 1. The molecule has 2 aliphatic heterocycles. The SMILES string of the molecule is NC1=NS(=O)Nc2cccc(OCC3CCCN(C(=O)c4cccc(-c5ccccc5)c4)C3)c21. The van der Waals surface area contributed by atoms with Gasteiger partial charge in [0.2, 0.25) is 11.2 Å². The van der Waals surface area contributed by atoms with Crippen LogP contribution in [0.2, 0.25) is 0 Å². The Hall–Kier alpha value is -3.65. The molecule has 0 radical (unpaired) electrons. The largest absolute Gasteiger partial charge is 0.492 e. The summed E-state index contributed by atoms with van der Waals surface area (Å²) in [4.78, 5) is 15.2. The number of amidine groups is 1. The Morgan fingerprint density at radius 2 is 1.88 bits per heavy atom. The van der Waals surface area contributed by atoms with Gasteiger partial charge < -0.3 is 15.4 Å². The van der Waals surface area contributed by atoms with Gasteiger partial charge in [-0.3, -0.25) is 9.52 Å². The van der Waals surface area contributed by atoms with E-state index in [-0.39, 0.29) is 17.7 Å². The van der Waals surface area contributed by atoms with Crippen molar-refractivity contribution in [2.75, 3.05) is 24.4 Å². The maximum Gasteiger partial charge on any atom is 0.253 e. The number of ether oxygens (including phenoxy) is 1. The molecule has 0 spiro atoms. The third kappa shape index (κ3) is 4.68. The van der Waals surface area contributed by atoms with Crippen LogP contribution < -0.4 is 15.2 Å². The molecule has 1 amide bonds. The summed E-state index contributed by atoms with van der Waals surface area (Å²) in [5, 5.41) is 0. The van der Waals surface area contributed by atoms with Gasteiger partial charge in [-0.05, 0) is 48.2 Å². The quantitative estimate of drug-likeness (QED) is 0.584. The molecular formula is C26H26N4O3S. The smallest absolute Gasteiger partial charge is 0.253 e. The number of nitrogens with one attached hydrogen (secondary N) is 1. The van der Waals surface area contributed by atoms with E-state index in [9.17, 15) is 9.00 Å². The van der Waals surface area contributed by atoms with Crippen molar-refractivity contribution < 1.29 is 13.7 Å². The van der Waals surface area contributed by atoms with Crippen LogP contribution in [0.25, 0.3) is 11.1 Å². The van der Waals surface area contributed by atoms with E-state index in [0.29, 0.717) is 35.7 Å². The van der Waals surface area contributed by atoms with E-state index in [1.165, 1.54) is 0 Å². The summed E-state index contributed by atoms with van der Waals surface area (Å²) in [5.41, 5.74) is 10.1. The minimum atomic E-state index is -1.58.